The Hall–Kier alpha value is -0.650. The number of hydrogen-bond donors (Lipinski definition) is 1. The predicted molar refractivity (Wildman–Crippen MR) is 101 cm³/mol. The second-order valence-electron chi connectivity index (χ2n) is 6.59. The van der Waals surface area contributed by atoms with Gasteiger partial charge in [-0.3, -0.25) is 0 Å². The summed E-state index contributed by atoms with van der Waals surface area (Å²) in [7, 11) is 0. The third-order valence-corrected chi connectivity index (χ3v) is 4.55. The van der Waals surface area contributed by atoms with E-state index in [-0.39, 0.29) is 0 Å². The average Bonchev–Trinajstić information content (AvgIpc) is 2.59. The summed E-state index contributed by atoms with van der Waals surface area (Å²) in [5.74, 6) is -2.23. The molecule has 0 aromatic rings. The maximum atomic E-state index is 12.3. The van der Waals surface area contributed by atoms with Crippen molar-refractivity contribution in [3.63, 3.8) is 0 Å². The molecule has 0 saturated heterocycles. The van der Waals surface area contributed by atoms with Gasteiger partial charge in [-0.25, -0.2) is 4.79 Å². The van der Waals surface area contributed by atoms with Crippen LogP contribution < -0.4 is 0 Å². The molecule has 1 atom stereocenters. The molecule has 25 heavy (non-hydrogen) atoms. The van der Waals surface area contributed by atoms with Gasteiger partial charge in [-0.15, -0.1) is 0 Å². The largest absolute Gasteiger partial charge is 0.479 e. The van der Waals surface area contributed by atoms with Crippen molar-refractivity contribution >= 4 is 5.97 Å². The first-order valence-electron chi connectivity index (χ1n) is 10.1. The third kappa shape index (κ3) is 6.87. The first-order chi connectivity index (χ1) is 12.0. The molecule has 5 nitrogen and oxygen atoms in total. The van der Waals surface area contributed by atoms with Crippen molar-refractivity contribution in [1.29, 1.82) is 0 Å². The van der Waals surface area contributed by atoms with Crippen molar-refractivity contribution in [3.05, 3.63) is 0 Å². The molecule has 1 N–H and O–H groups in total. The van der Waals surface area contributed by atoms with Gasteiger partial charge in [0.15, 0.2) is 0 Å². The van der Waals surface area contributed by atoms with Crippen molar-refractivity contribution < 1.29 is 24.1 Å². The van der Waals surface area contributed by atoms with Gasteiger partial charge in [0.2, 0.25) is 11.4 Å². The third-order valence-electron chi connectivity index (χ3n) is 4.55. The summed E-state index contributed by atoms with van der Waals surface area (Å²) < 4.78 is 18.4. The first-order valence-corrected chi connectivity index (χ1v) is 10.1. The average molecular weight is 361 g/mol. The molecule has 0 aliphatic heterocycles. The molecule has 0 amide bonds. The molecular formula is C20H40O5. The summed E-state index contributed by atoms with van der Waals surface area (Å²) in [6.45, 7) is 11.5. The molecular weight excluding hydrogens is 320 g/mol. The van der Waals surface area contributed by atoms with Gasteiger partial charge in [-0.2, -0.15) is 0 Å². The summed E-state index contributed by atoms with van der Waals surface area (Å²) in [6.07, 6.45) is 7.07. The number of carboxylic acids is 1. The fourth-order valence-corrected chi connectivity index (χ4v) is 2.96. The van der Waals surface area contributed by atoms with E-state index in [2.05, 4.69) is 20.8 Å². The highest BCUT2D eigenvalue weighted by Gasteiger charge is 2.59. The Bertz CT molecular complexity index is 335. The van der Waals surface area contributed by atoms with Gasteiger partial charge in [0, 0.05) is 13.0 Å². The van der Waals surface area contributed by atoms with Crippen LogP contribution in [-0.4, -0.2) is 42.3 Å². The van der Waals surface area contributed by atoms with E-state index in [0.717, 1.165) is 44.9 Å². The minimum absolute atomic E-state index is 0.310. The van der Waals surface area contributed by atoms with E-state index < -0.39 is 17.4 Å². The van der Waals surface area contributed by atoms with Crippen LogP contribution >= 0.6 is 0 Å². The zero-order chi connectivity index (χ0) is 19.2. The fourth-order valence-electron chi connectivity index (χ4n) is 2.96. The van der Waals surface area contributed by atoms with E-state index in [1.54, 1.807) is 0 Å². The number of rotatable bonds is 17. The molecule has 0 bridgehead atoms. The van der Waals surface area contributed by atoms with Crippen molar-refractivity contribution in [1.82, 2.24) is 0 Å². The second kappa shape index (κ2) is 13.5. The molecule has 150 valence electrons. The molecule has 0 heterocycles. The molecule has 0 radical (unpaired) electrons. The van der Waals surface area contributed by atoms with Crippen LogP contribution in [0.2, 0.25) is 0 Å². The zero-order valence-electron chi connectivity index (χ0n) is 17.1. The first kappa shape index (κ1) is 24.4. The molecule has 0 aromatic heterocycles. The Morgan fingerprint density at radius 1 is 0.760 bits per heavy atom. The van der Waals surface area contributed by atoms with Gasteiger partial charge >= 0.3 is 5.97 Å². The van der Waals surface area contributed by atoms with Gasteiger partial charge in [0.1, 0.15) is 0 Å². The van der Waals surface area contributed by atoms with Crippen LogP contribution in [0.5, 0.6) is 0 Å². The Morgan fingerprint density at radius 3 is 1.52 bits per heavy atom. The molecule has 0 aliphatic carbocycles. The van der Waals surface area contributed by atoms with E-state index in [4.69, 9.17) is 14.2 Å². The molecule has 0 spiro atoms. The smallest absolute Gasteiger partial charge is 0.341 e. The number of carbonyl (C=O) groups is 1. The van der Waals surface area contributed by atoms with E-state index in [1.165, 1.54) is 0 Å². The van der Waals surface area contributed by atoms with Crippen molar-refractivity contribution in [3.8, 4) is 0 Å². The Balaban J connectivity index is 5.74. The Kier molecular flexibility index (Phi) is 13.2. The van der Waals surface area contributed by atoms with Crippen LogP contribution in [0, 0.1) is 0 Å². The summed E-state index contributed by atoms with van der Waals surface area (Å²) in [6, 6.07) is 0. The molecule has 0 aliphatic rings. The number of carboxylic acid groups (broad SMARTS) is 1. The van der Waals surface area contributed by atoms with Gasteiger partial charge in [-0.05, 0) is 25.7 Å². The van der Waals surface area contributed by atoms with Crippen LogP contribution in [0.3, 0.4) is 0 Å². The highest BCUT2D eigenvalue weighted by atomic mass is 16.7. The van der Waals surface area contributed by atoms with Gasteiger partial charge in [0.25, 0.3) is 0 Å². The lowest BCUT2D eigenvalue weighted by Gasteiger charge is -2.46. The van der Waals surface area contributed by atoms with Crippen molar-refractivity contribution in [2.75, 3.05) is 19.8 Å². The highest BCUT2D eigenvalue weighted by molar-refractivity contribution is 5.79. The van der Waals surface area contributed by atoms with Crippen molar-refractivity contribution in [2.24, 2.45) is 0 Å². The second-order valence-corrected chi connectivity index (χ2v) is 6.59. The number of unbranched alkanes of at least 4 members (excludes halogenated alkanes) is 3. The minimum atomic E-state index is -1.47. The Labute approximate surface area is 154 Å². The number of ether oxygens (including phenoxy) is 3. The molecule has 0 fully saturated rings. The topological polar surface area (TPSA) is 65.0 Å². The van der Waals surface area contributed by atoms with Gasteiger partial charge in [0.05, 0.1) is 13.2 Å². The summed E-state index contributed by atoms with van der Waals surface area (Å²) in [5, 5.41) is 10.1. The van der Waals surface area contributed by atoms with Crippen LogP contribution in [-0.2, 0) is 19.0 Å². The normalized spacial score (nSPS) is 14.4. The zero-order valence-corrected chi connectivity index (χ0v) is 17.1. The lowest BCUT2D eigenvalue weighted by atomic mass is 9.85. The van der Waals surface area contributed by atoms with E-state index >= 15 is 0 Å². The monoisotopic (exact) mass is 360 g/mol. The molecule has 0 rings (SSSR count). The highest BCUT2D eigenvalue weighted by Crippen LogP contribution is 2.39. The molecule has 0 saturated carbocycles. The molecule has 0 aromatic carbocycles. The Morgan fingerprint density at radius 2 is 1.20 bits per heavy atom. The quantitative estimate of drug-likeness (QED) is 0.286. The fraction of sp³-hybridized carbons (Fsp3) is 0.950. The molecule has 5 heteroatoms. The van der Waals surface area contributed by atoms with Gasteiger partial charge < -0.3 is 19.3 Å². The van der Waals surface area contributed by atoms with Crippen LogP contribution in [0.15, 0.2) is 0 Å². The number of aliphatic carboxylic acids is 1. The van der Waals surface area contributed by atoms with E-state index in [0.29, 0.717) is 32.7 Å². The minimum Gasteiger partial charge on any atom is -0.479 e. The van der Waals surface area contributed by atoms with Gasteiger partial charge in [-0.1, -0.05) is 60.3 Å². The summed E-state index contributed by atoms with van der Waals surface area (Å²) in [5.41, 5.74) is -1.47. The lowest BCUT2D eigenvalue weighted by molar-refractivity contribution is -0.330. The number of hydrogen-bond acceptors (Lipinski definition) is 4. The standard InChI is InChI=1S/C20H40O5/c1-6-11-15-23-19(10-5,18(21)22)20(14-9-4,24-16-12-7-2)25-17-13-8-3/h6-17H2,1-5H3,(H,21,22). The summed E-state index contributed by atoms with van der Waals surface area (Å²) in [4.78, 5) is 12.3. The summed E-state index contributed by atoms with van der Waals surface area (Å²) >= 11 is 0. The maximum absolute atomic E-state index is 12.3. The van der Waals surface area contributed by atoms with Crippen LogP contribution in [0.25, 0.3) is 0 Å². The molecule has 1 unspecified atom stereocenters. The maximum Gasteiger partial charge on any atom is 0.341 e. The van der Waals surface area contributed by atoms with Crippen LogP contribution in [0.1, 0.15) is 92.4 Å². The van der Waals surface area contributed by atoms with E-state index in [9.17, 15) is 9.90 Å². The van der Waals surface area contributed by atoms with Crippen molar-refractivity contribution in [2.45, 2.75) is 104 Å². The SMILES string of the molecule is CCCCOC(CCC)(OCCCC)C(CC)(OCCCC)C(=O)O. The van der Waals surface area contributed by atoms with E-state index in [1.807, 2.05) is 13.8 Å². The van der Waals surface area contributed by atoms with Crippen LogP contribution in [0.4, 0.5) is 0 Å². The lowest BCUT2D eigenvalue weighted by Crippen LogP contribution is -2.64. The predicted octanol–water partition coefficient (Wildman–Crippen LogP) is 5.17.